The number of amides is 1. The zero-order valence-corrected chi connectivity index (χ0v) is 12.7. The first-order valence-corrected chi connectivity index (χ1v) is 7.19. The summed E-state index contributed by atoms with van der Waals surface area (Å²) in [4.78, 5) is 20.3. The fourth-order valence-corrected chi connectivity index (χ4v) is 2.09. The van der Waals surface area contributed by atoms with Crippen LogP contribution in [-0.2, 0) is 0 Å². The number of hydrogen-bond donors (Lipinski definition) is 1. The minimum atomic E-state index is -0.258. The van der Waals surface area contributed by atoms with E-state index in [1.165, 1.54) is 0 Å². The van der Waals surface area contributed by atoms with Gasteiger partial charge in [-0.2, -0.15) is 0 Å². The van der Waals surface area contributed by atoms with Gasteiger partial charge >= 0.3 is 0 Å². The Hall–Kier alpha value is -2.92. The number of nitrogens with zero attached hydrogens (tertiary/aromatic N) is 2. The monoisotopic (exact) mass is 325 g/mol. The van der Waals surface area contributed by atoms with Crippen LogP contribution in [0, 0.1) is 0 Å². The highest BCUT2D eigenvalue weighted by Gasteiger charge is 2.08. The number of benzene rings is 1. The Balaban J connectivity index is 1.74. The molecule has 1 aromatic carbocycles. The Morgan fingerprint density at radius 2 is 2.00 bits per heavy atom. The average molecular weight is 326 g/mol. The lowest BCUT2D eigenvalue weighted by atomic mass is 10.2. The standard InChI is InChI=1S/C17H12ClN3O2/c18-13-4-1-3-12(9-13)17(22)21-14-6-8-20-16(10-14)23-15-5-2-7-19-11-15/h1-11H,(H,20,21,22). The van der Waals surface area contributed by atoms with Crippen molar-refractivity contribution in [2.24, 2.45) is 0 Å². The van der Waals surface area contributed by atoms with Crippen LogP contribution in [-0.4, -0.2) is 15.9 Å². The van der Waals surface area contributed by atoms with Crippen LogP contribution in [0.15, 0.2) is 67.1 Å². The Labute approximate surface area is 137 Å². The molecule has 0 radical (unpaired) electrons. The van der Waals surface area contributed by atoms with Crippen LogP contribution in [0.1, 0.15) is 10.4 Å². The van der Waals surface area contributed by atoms with E-state index in [2.05, 4.69) is 15.3 Å². The van der Waals surface area contributed by atoms with Gasteiger partial charge in [-0.05, 0) is 36.4 Å². The summed E-state index contributed by atoms with van der Waals surface area (Å²) in [6, 6.07) is 13.6. The summed E-state index contributed by atoms with van der Waals surface area (Å²) in [5.74, 6) is 0.672. The first-order valence-electron chi connectivity index (χ1n) is 6.81. The normalized spacial score (nSPS) is 10.1. The SMILES string of the molecule is O=C(Nc1ccnc(Oc2cccnc2)c1)c1cccc(Cl)c1. The maximum Gasteiger partial charge on any atom is 0.255 e. The van der Waals surface area contributed by atoms with Gasteiger partial charge in [-0.25, -0.2) is 4.98 Å². The molecule has 1 amide bonds. The van der Waals surface area contributed by atoms with E-state index in [-0.39, 0.29) is 5.91 Å². The number of anilines is 1. The Bertz CT molecular complexity index is 825. The zero-order chi connectivity index (χ0) is 16.1. The lowest BCUT2D eigenvalue weighted by Gasteiger charge is -2.08. The molecule has 0 unspecified atom stereocenters. The van der Waals surface area contributed by atoms with Crippen LogP contribution in [0.25, 0.3) is 0 Å². The van der Waals surface area contributed by atoms with Gasteiger partial charge in [0.2, 0.25) is 5.88 Å². The second-order valence-electron chi connectivity index (χ2n) is 4.64. The van der Waals surface area contributed by atoms with E-state index >= 15 is 0 Å². The molecule has 0 aliphatic rings. The third kappa shape index (κ3) is 4.05. The topological polar surface area (TPSA) is 64.1 Å². The van der Waals surface area contributed by atoms with E-state index < -0.39 is 0 Å². The molecule has 0 fully saturated rings. The molecule has 3 aromatic rings. The third-order valence-electron chi connectivity index (χ3n) is 2.94. The summed E-state index contributed by atoms with van der Waals surface area (Å²) >= 11 is 5.89. The van der Waals surface area contributed by atoms with Gasteiger partial charge in [-0.3, -0.25) is 9.78 Å². The largest absolute Gasteiger partial charge is 0.437 e. The quantitative estimate of drug-likeness (QED) is 0.781. The molecule has 0 aliphatic carbocycles. The number of pyridine rings is 2. The number of aromatic nitrogens is 2. The molecule has 5 nitrogen and oxygen atoms in total. The van der Waals surface area contributed by atoms with Gasteiger partial charge in [0.1, 0.15) is 5.75 Å². The zero-order valence-electron chi connectivity index (χ0n) is 11.9. The van der Waals surface area contributed by atoms with Gasteiger partial charge in [0, 0.05) is 34.7 Å². The van der Waals surface area contributed by atoms with E-state index in [9.17, 15) is 4.79 Å². The van der Waals surface area contributed by atoms with Gasteiger partial charge in [-0.15, -0.1) is 0 Å². The molecule has 0 atom stereocenters. The van der Waals surface area contributed by atoms with Gasteiger partial charge < -0.3 is 10.1 Å². The van der Waals surface area contributed by atoms with Crippen molar-refractivity contribution in [3.05, 3.63) is 77.7 Å². The van der Waals surface area contributed by atoms with Crippen molar-refractivity contribution in [3.8, 4) is 11.6 Å². The summed E-state index contributed by atoms with van der Waals surface area (Å²) in [5.41, 5.74) is 1.05. The highest BCUT2D eigenvalue weighted by atomic mass is 35.5. The summed E-state index contributed by atoms with van der Waals surface area (Å²) in [5, 5.41) is 3.29. The first kappa shape index (κ1) is 15.0. The number of ether oxygens (including phenoxy) is 1. The number of carbonyl (C=O) groups excluding carboxylic acids is 1. The van der Waals surface area contributed by atoms with Crippen molar-refractivity contribution in [3.63, 3.8) is 0 Å². The number of rotatable bonds is 4. The minimum absolute atomic E-state index is 0.258. The summed E-state index contributed by atoms with van der Waals surface area (Å²) in [6.07, 6.45) is 4.79. The molecule has 2 aromatic heterocycles. The number of carbonyl (C=O) groups is 1. The molecule has 0 spiro atoms. The lowest BCUT2D eigenvalue weighted by molar-refractivity contribution is 0.102. The molecular formula is C17H12ClN3O2. The maximum atomic E-state index is 12.2. The molecule has 23 heavy (non-hydrogen) atoms. The summed E-state index contributed by atoms with van der Waals surface area (Å²) in [6.45, 7) is 0. The number of halogens is 1. The first-order chi connectivity index (χ1) is 11.2. The molecule has 3 rings (SSSR count). The molecule has 0 bridgehead atoms. The van der Waals surface area contributed by atoms with Gasteiger partial charge in [0.15, 0.2) is 0 Å². The fraction of sp³-hybridized carbons (Fsp3) is 0. The van der Waals surface area contributed by atoms with Crippen LogP contribution >= 0.6 is 11.6 Å². The van der Waals surface area contributed by atoms with Crippen molar-refractivity contribution in [1.82, 2.24) is 9.97 Å². The van der Waals surface area contributed by atoms with Crippen molar-refractivity contribution >= 4 is 23.2 Å². The second kappa shape index (κ2) is 6.89. The molecule has 0 saturated carbocycles. The molecular weight excluding hydrogens is 314 g/mol. The van der Waals surface area contributed by atoms with E-state index in [0.29, 0.717) is 27.9 Å². The van der Waals surface area contributed by atoms with Crippen LogP contribution in [0.2, 0.25) is 5.02 Å². The summed E-state index contributed by atoms with van der Waals surface area (Å²) < 4.78 is 5.58. The van der Waals surface area contributed by atoms with Crippen molar-refractivity contribution < 1.29 is 9.53 Å². The van der Waals surface area contributed by atoms with Gasteiger partial charge in [-0.1, -0.05) is 17.7 Å². The molecule has 114 valence electrons. The molecule has 6 heteroatoms. The Morgan fingerprint density at radius 3 is 2.78 bits per heavy atom. The lowest BCUT2D eigenvalue weighted by Crippen LogP contribution is -2.11. The third-order valence-corrected chi connectivity index (χ3v) is 3.17. The van der Waals surface area contributed by atoms with Crippen molar-refractivity contribution in [2.45, 2.75) is 0 Å². The Morgan fingerprint density at radius 1 is 1.09 bits per heavy atom. The average Bonchev–Trinajstić information content (AvgIpc) is 2.56. The Kier molecular flexibility index (Phi) is 4.49. The molecule has 0 saturated heterocycles. The van der Waals surface area contributed by atoms with E-state index in [0.717, 1.165) is 0 Å². The van der Waals surface area contributed by atoms with E-state index in [4.69, 9.17) is 16.3 Å². The fourth-order valence-electron chi connectivity index (χ4n) is 1.90. The molecule has 2 heterocycles. The minimum Gasteiger partial charge on any atom is -0.437 e. The van der Waals surface area contributed by atoms with Crippen molar-refractivity contribution in [1.29, 1.82) is 0 Å². The second-order valence-corrected chi connectivity index (χ2v) is 5.07. The molecule has 1 N–H and O–H groups in total. The van der Waals surface area contributed by atoms with Gasteiger partial charge in [0.05, 0.1) is 6.20 Å². The predicted octanol–water partition coefficient (Wildman–Crippen LogP) is 4.17. The van der Waals surface area contributed by atoms with Gasteiger partial charge in [0.25, 0.3) is 5.91 Å². The maximum absolute atomic E-state index is 12.2. The highest BCUT2D eigenvalue weighted by Crippen LogP contribution is 2.21. The number of nitrogens with one attached hydrogen (secondary N) is 1. The van der Waals surface area contributed by atoms with Crippen LogP contribution < -0.4 is 10.1 Å². The van der Waals surface area contributed by atoms with Crippen molar-refractivity contribution in [2.75, 3.05) is 5.32 Å². The van der Waals surface area contributed by atoms with Crippen LogP contribution in [0.5, 0.6) is 11.6 Å². The van der Waals surface area contributed by atoms with Crippen LogP contribution in [0.3, 0.4) is 0 Å². The molecule has 0 aliphatic heterocycles. The van der Waals surface area contributed by atoms with Crippen LogP contribution in [0.4, 0.5) is 5.69 Å². The van der Waals surface area contributed by atoms with E-state index in [1.807, 2.05) is 0 Å². The number of hydrogen-bond acceptors (Lipinski definition) is 4. The summed E-state index contributed by atoms with van der Waals surface area (Å²) in [7, 11) is 0. The highest BCUT2D eigenvalue weighted by molar-refractivity contribution is 6.31. The smallest absolute Gasteiger partial charge is 0.255 e. The van der Waals surface area contributed by atoms with E-state index in [1.54, 1.807) is 67.1 Å². The predicted molar refractivity (Wildman–Crippen MR) is 88.0 cm³/mol.